The summed E-state index contributed by atoms with van der Waals surface area (Å²) in [5.74, 6) is 0. The summed E-state index contributed by atoms with van der Waals surface area (Å²) >= 11 is 0. The summed E-state index contributed by atoms with van der Waals surface area (Å²) in [4.78, 5) is 4.95. The zero-order valence-corrected chi connectivity index (χ0v) is 23.0. The van der Waals surface area contributed by atoms with Gasteiger partial charge in [0.1, 0.15) is 0 Å². The molecule has 1 aliphatic heterocycles. The third-order valence-corrected chi connectivity index (χ3v) is 8.78. The third kappa shape index (κ3) is 3.55. The van der Waals surface area contributed by atoms with Crippen LogP contribution in [0.3, 0.4) is 0 Å². The first-order valence-corrected chi connectivity index (χ1v) is 14.5. The number of nitrogens with zero attached hydrogens (tertiary/aromatic N) is 2. The van der Waals surface area contributed by atoms with E-state index in [1.165, 1.54) is 77.7 Å². The molecule has 7 aromatic rings. The molecule has 0 amide bonds. The smallest absolute Gasteiger partial charge is 0.0712 e. The van der Waals surface area contributed by atoms with Crippen LogP contribution in [0.4, 0.5) is 5.69 Å². The van der Waals surface area contributed by atoms with Gasteiger partial charge in [-0.05, 0) is 75.9 Å². The second kappa shape index (κ2) is 9.02. The van der Waals surface area contributed by atoms with Crippen molar-refractivity contribution >= 4 is 44.9 Å². The van der Waals surface area contributed by atoms with Crippen molar-refractivity contribution in [3.05, 3.63) is 156 Å². The molecule has 0 atom stereocenters. The maximum Gasteiger partial charge on any atom is 0.0712 e. The van der Waals surface area contributed by atoms with E-state index in [9.17, 15) is 0 Å². The molecule has 2 heteroatoms. The van der Waals surface area contributed by atoms with Crippen LogP contribution in [-0.2, 0) is 6.42 Å². The fourth-order valence-electron chi connectivity index (χ4n) is 6.76. The molecule has 0 saturated heterocycles. The molecular weight excluding hydrogens is 508 g/mol. The second-order valence-electron chi connectivity index (χ2n) is 11.2. The first kappa shape index (κ1) is 23.3. The number of para-hydroxylation sites is 2. The molecular formula is C40H26N2. The van der Waals surface area contributed by atoms with Crippen LogP contribution in [0.25, 0.3) is 61.4 Å². The van der Waals surface area contributed by atoms with Crippen molar-refractivity contribution in [2.24, 2.45) is 4.99 Å². The second-order valence-corrected chi connectivity index (χ2v) is 11.2. The zero-order valence-electron chi connectivity index (χ0n) is 23.0. The van der Waals surface area contributed by atoms with Crippen LogP contribution in [0.15, 0.2) is 145 Å². The van der Waals surface area contributed by atoms with Gasteiger partial charge in [-0.3, -0.25) is 4.99 Å². The van der Waals surface area contributed by atoms with Gasteiger partial charge in [0, 0.05) is 34.0 Å². The van der Waals surface area contributed by atoms with Crippen molar-refractivity contribution in [1.82, 2.24) is 4.57 Å². The normalized spacial score (nSPS) is 13.4. The Morgan fingerprint density at radius 2 is 1.26 bits per heavy atom. The summed E-state index contributed by atoms with van der Waals surface area (Å²) in [6.07, 6.45) is 3.18. The number of rotatable bonds is 3. The maximum absolute atomic E-state index is 4.95. The summed E-state index contributed by atoms with van der Waals surface area (Å²) < 4.78 is 2.40. The van der Waals surface area contributed by atoms with Crippen LogP contribution in [0, 0.1) is 0 Å². The number of aliphatic imine (C=N–C) groups is 1. The van der Waals surface area contributed by atoms with E-state index in [0.29, 0.717) is 0 Å². The van der Waals surface area contributed by atoms with E-state index < -0.39 is 0 Å². The van der Waals surface area contributed by atoms with Gasteiger partial charge in [-0.15, -0.1) is 0 Å². The number of allylic oxidation sites excluding steroid dienone is 1. The lowest BCUT2D eigenvalue weighted by Gasteiger charge is -2.17. The standard InChI is InChI=1S/C40H26N2/c1-2-9-26(10-3-1)27-11-8-12-32(22-27)42-39-16-7-5-14-34(39)36-24-29(19-20-40(36)42)28-17-18-30-23-35-33-13-4-6-15-37(33)41-38(35)25-31(30)21-28/h1-24H,25H2. The van der Waals surface area contributed by atoms with E-state index in [2.05, 4.69) is 150 Å². The molecule has 0 saturated carbocycles. The Morgan fingerprint density at radius 1 is 0.524 bits per heavy atom. The first-order chi connectivity index (χ1) is 20.8. The van der Waals surface area contributed by atoms with Gasteiger partial charge >= 0.3 is 0 Å². The topological polar surface area (TPSA) is 17.3 Å². The quantitative estimate of drug-likeness (QED) is 0.215. The molecule has 2 heterocycles. The Kier molecular flexibility index (Phi) is 4.99. The average molecular weight is 535 g/mol. The summed E-state index contributed by atoms with van der Waals surface area (Å²) in [6, 6.07) is 50.5. The van der Waals surface area contributed by atoms with Gasteiger partial charge < -0.3 is 4.57 Å². The average Bonchev–Trinajstić information content (AvgIpc) is 3.58. The number of hydrogen-bond acceptors (Lipinski definition) is 1. The Hall–Kier alpha value is -5.47. The molecule has 6 aromatic carbocycles. The van der Waals surface area contributed by atoms with Gasteiger partial charge in [0.2, 0.25) is 0 Å². The molecule has 2 aliphatic rings. The van der Waals surface area contributed by atoms with Crippen LogP contribution in [0.1, 0.15) is 16.7 Å². The number of fused-ring (bicyclic) bond motifs is 7. The highest BCUT2D eigenvalue weighted by atomic mass is 15.0. The fourth-order valence-corrected chi connectivity index (χ4v) is 6.76. The lowest BCUT2D eigenvalue weighted by molar-refractivity contribution is 1.18. The van der Waals surface area contributed by atoms with Crippen LogP contribution in [-0.4, -0.2) is 10.3 Å². The van der Waals surface area contributed by atoms with Crippen molar-refractivity contribution in [2.75, 3.05) is 0 Å². The number of hydrogen-bond donors (Lipinski definition) is 0. The minimum atomic E-state index is 0.864. The van der Waals surface area contributed by atoms with Gasteiger partial charge in [0.25, 0.3) is 0 Å². The zero-order chi connectivity index (χ0) is 27.6. The van der Waals surface area contributed by atoms with E-state index in [4.69, 9.17) is 4.99 Å². The molecule has 1 aliphatic carbocycles. The highest BCUT2D eigenvalue weighted by molar-refractivity contribution is 6.34. The Bertz CT molecular complexity index is 2260. The highest BCUT2D eigenvalue weighted by Crippen LogP contribution is 2.41. The first-order valence-electron chi connectivity index (χ1n) is 14.5. The van der Waals surface area contributed by atoms with Crippen LogP contribution < -0.4 is 0 Å². The van der Waals surface area contributed by atoms with Crippen molar-refractivity contribution in [1.29, 1.82) is 0 Å². The Morgan fingerprint density at radius 3 is 2.21 bits per heavy atom. The Labute approximate surface area is 244 Å². The van der Waals surface area contributed by atoms with Crippen molar-refractivity contribution in [3.63, 3.8) is 0 Å². The number of aromatic nitrogens is 1. The van der Waals surface area contributed by atoms with E-state index >= 15 is 0 Å². The molecule has 9 rings (SSSR count). The molecule has 0 fully saturated rings. The van der Waals surface area contributed by atoms with Gasteiger partial charge in [0.15, 0.2) is 0 Å². The van der Waals surface area contributed by atoms with Gasteiger partial charge in [-0.25, -0.2) is 0 Å². The monoisotopic (exact) mass is 534 g/mol. The molecule has 0 bridgehead atoms. The lowest BCUT2D eigenvalue weighted by atomic mass is 9.86. The predicted molar refractivity (Wildman–Crippen MR) is 177 cm³/mol. The summed E-state index contributed by atoms with van der Waals surface area (Å²) in [6.45, 7) is 0. The maximum atomic E-state index is 4.95. The van der Waals surface area contributed by atoms with Crippen LogP contribution >= 0.6 is 0 Å². The largest absolute Gasteiger partial charge is 0.309 e. The summed E-state index contributed by atoms with van der Waals surface area (Å²) in [5, 5.41) is 2.53. The molecule has 0 N–H and O–H groups in total. The molecule has 0 spiro atoms. The predicted octanol–water partition coefficient (Wildman–Crippen LogP) is 10.3. The van der Waals surface area contributed by atoms with Crippen molar-refractivity contribution in [3.8, 4) is 27.9 Å². The lowest BCUT2D eigenvalue weighted by Crippen LogP contribution is -2.08. The molecule has 1 aromatic heterocycles. The molecule has 196 valence electrons. The van der Waals surface area contributed by atoms with E-state index in [1.807, 2.05) is 0 Å². The molecule has 0 unspecified atom stereocenters. The SMILES string of the molecule is C1=C2C(=Nc3ccccc32)Cc2cc(-c3ccc4c(c3)c3ccccc3n4-c3cccc(-c4ccccc4)c3)ccc21. The highest BCUT2D eigenvalue weighted by Gasteiger charge is 2.25. The van der Waals surface area contributed by atoms with E-state index in [-0.39, 0.29) is 0 Å². The fraction of sp³-hybridized carbons (Fsp3) is 0.0250. The van der Waals surface area contributed by atoms with Crippen LogP contribution in [0.5, 0.6) is 0 Å². The van der Waals surface area contributed by atoms with Crippen LogP contribution in [0.2, 0.25) is 0 Å². The molecule has 42 heavy (non-hydrogen) atoms. The minimum absolute atomic E-state index is 0.864. The summed E-state index contributed by atoms with van der Waals surface area (Å²) in [5.41, 5.74) is 15.9. The van der Waals surface area contributed by atoms with Gasteiger partial charge in [-0.2, -0.15) is 0 Å². The van der Waals surface area contributed by atoms with Crippen molar-refractivity contribution in [2.45, 2.75) is 6.42 Å². The van der Waals surface area contributed by atoms with Gasteiger partial charge in [0.05, 0.1) is 22.4 Å². The molecule has 0 radical (unpaired) electrons. The minimum Gasteiger partial charge on any atom is -0.309 e. The van der Waals surface area contributed by atoms with E-state index in [1.54, 1.807) is 0 Å². The van der Waals surface area contributed by atoms with Gasteiger partial charge in [-0.1, -0.05) is 103 Å². The summed E-state index contributed by atoms with van der Waals surface area (Å²) in [7, 11) is 0. The third-order valence-electron chi connectivity index (χ3n) is 8.78. The Balaban J connectivity index is 1.16. The van der Waals surface area contributed by atoms with Crippen molar-refractivity contribution < 1.29 is 0 Å². The number of benzene rings is 6. The van der Waals surface area contributed by atoms with E-state index in [0.717, 1.165) is 12.1 Å². The molecule has 2 nitrogen and oxygen atoms in total.